The number of nitrogens with zero attached hydrogens (tertiary/aromatic N) is 2. The lowest BCUT2D eigenvalue weighted by molar-refractivity contribution is -0.131. The number of hydrogen-bond donors (Lipinski definition) is 1. The highest BCUT2D eigenvalue weighted by Crippen LogP contribution is 2.04. The van der Waals surface area contributed by atoms with Gasteiger partial charge in [0.15, 0.2) is 0 Å². The molecule has 0 atom stereocenters. The molecule has 0 spiro atoms. The van der Waals surface area contributed by atoms with Crippen molar-refractivity contribution in [3.8, 4) is 0 Å². The van der Waals surface area contributed by atoms with Crippen LogP contribution in [0.3, 0.4) is 0 Å². The van der Waals surface area contributed by atoms with Crippen LogP contribution in [-0.2, 0) is 4.79 Å². The Bertz CT molecular complexity index is 250. The minimum absolute atomic E-state index is 0.0463. The molecular formula is C8H12N2O3. The molecule has 0 bridgehead atoms. The van der Waals surface area contributed by atoms with Crippen molar-refractivity contribution in [2.45, 2.75) is 0 Å². The molecule has 2 amide bonds. The van der Waals surface area contributed by atoms with Crippen molar-refractivity contribution in [2.75, 3.05) is 26.7 Å². The van der Waals surface area contributed by atoms with Gasteiger partial charge in [-0.25, -0.2) is 9.59 Å². The zero-order valence-corrected chi connectivity index (χ0v) is 7.43. The predicted octanol–water partition coefficient (Wildman–Crippen LogP) is -0.00540. The van der Waals surface area contributed by atoms with Crippen LogP contribution in [0, 0.1) is 0 Å². The van der Waals surface area contributed by atoms with Gasteiger partial charge in [-0.3, -0.25) is 0 Å². The first-order chi connectivity index (χ1) is 6.11. The van der Waals surface area contributed by atoms with Gasteiger partial charge in [0.05, 0.1) is 0 Å². The summed E-state index contributed by atoms with van der Waals surface area (Å²) in [6.45, 7) is 1.74. The summed E-state index contributed by atoms with van der Waals surface area (Å²) in [5, 5.41) is 8.30. The monoisotopic (exact) mass is 184 g/mol. The molecule has 1 heterocycles. The van der Waals surface area contributed by atoms with Gasteiger partial charge in [0, 0.05) is 32.8 Å². The summed E-state index contributed by atoms with van der Waals surface area (Å²) < 4.78 is 0. The maximum atomic E-state index is 11.3. The van der Waals surface area contributed by atoms with E-state index in [1.54, 1.807) is 16.8 Å². The van der Waals surface area contributed by atoms with Gasteiger partial charge in [-0.1, -0.05) is 6.08 Å². The minimum Gasteiger partial charge on any atom is -0.478 e. The maximum absolute atomic E-state index is 11.3. The lowest BCUT2D eigenvalue weighted by Crippen LogP contribution is -2.29. The van der Waals surface area contributed by atoms with Gasteiger partial charge in [0.2, 0.25) is 0 Å². The minimum atomic E-state index is -0.986. The van der Waals surface area contributed by atoms with Crippen LogP contribution in [0.5, 0.6) is 0 Å². The lowest BCUT2D eigenvalue weighted by Gasteiger charge is -2.12. The van der Waals surface area contributed by atoms with Crippen LogP contribution in [0.15, 0.2) is 12.2 Å². The van der Waals surface area contributed by atoms with Gasteiger partial charge < -0.3 is 14.9 Å². The van der Waals surface area contributed by atoms with E-state index in [9.17, 15) is 9.59 Å². The molecule has 5 heteroatoms. The topological polar surface area (TPSA) is 60.9 Å². The van der Waals surface area contributed by atoms with Crippen molar-refractivity contribution in [2.24, 2.45) is 0 Å². The zero-order valence-electron chi connectivity index (χ0n) is 7.43. The Balaban J connectivity index is 2.39. The van der Waals surface area contributed by atoms with Gasteiger partial charge >= 0.3 is 12.0 Å². The lowest BCUT2D eigenvalue weighted by atomic mass is 10.4. The molecule has 72 valence electrons. The molecule has 1 saturated heterocycles. The summed E-state index contributed by atoms with van der Waals surface area (Å²) in [5.74, 6) is -0.986. The number of carbonyl (C=O) groups is 2. The average molecular weight is 184 g/mol. The van der Waals surface area contributed by atoms with E-state index >= 15 is 0 Å². The van der Waals surface area contributed by atoms with Crippen molar-refractivity contribution in [3.05, 3.63) is 12.2 Å². The molecule has 1 N–H and O–H groups in total. The van der Waals surface area contributed by atoms with Gasteiger partial charge in [0.25, 0.3) is 0 Å². The highest BCUT2D eigenvalue weighted by atomic mass is 16.4. The number of hydrogen-bond acceptors (Lipinski definition) is 2. The van der Waals surface area contributed by atoms with Gasteiger partial charge in [-0.15, -0.1) is 0 Å². The third-order valence-electron chi connectivity index (χ3n) is 1.89. The van der Waals surface area contributed by atoms with Crippen molar-refractivity contribution in [1.29, 1.82) is 0 Å². The molecule has 0 aromatic rings. The number of rotatable bonds is 3. The number of carbonyl (C=O) groups excluding carboxylic acids is 1. The first-order valence-corrected chi connectivity index (χ1v) is 4.01. The number of amides is 2. The molecule has 0 aliphatic carbocycles. The maximum Gasteiger partial charge on any atom is 0.328 e. The molecule has 13 heavy (non-hydrogen) atoms. The molecule has 1 rings (SSSR count). The molecule has 1 aliphatic rings. The number of aliphatic carboxylic acids is 1. The molecule has 0 aromatic heterocycles. The van der Waals surface area contributed by atoms with Crippen molar-refractivity contribution >= 4 is 12.0 Å². The summed E-state index contributed by atoms with van der Waals surface area (Å²) in [7, 11) is 1.73. The Morgan fingerprint density at radius 3 is 2.77 bits per heavy atom. The van der Waals surface area contributed by atoms with Gasteiger partial charge in [-0.2, -0.15) is 0 Å². The summed E-state index contributed by atoms with van der Waals surface area (Å²) in [6, 6.07) is -0.0463. The Morgan fingerprint density at radius 1 is 1.62 bits per heavy atom. The quantitative estimate of drug-likeness (QED) is 0.628. The SMILES string of the molecule is CN1CCN(C/C=C/C(=O)O)C1=O. The fourth-order valence-electron chi connectivity index (χ4n) is 1.15. The van der Waals surface area contributed by atoms with Gasteiger partial charge in [0.1, 0.15) is 0 Å². The van der Waals surface area contributed by atoms with Crippen LogP contribution in [-0.4, -0.2) is 53.6 Å². The van der Waals surface area contributed by atoms with E-state index in [0.29, 0.717) is 19.6 Å². The number of carboxylic acid groups (broad SMARTS) is 1. The first-order valence-electron chi connectivity index (χ1n) is 4.01. The molecule has 0 saturated carbocycles. The van der Waals surface area contributed by atoms with Crippen LogP contribution in [0.1, 0.15) is 0 Å². The second-order valence-corrected chi connectivity index (χ2v) is 2.89. The van der Waals surface area contributed by atoms with Crippen LogP contribution in [0.4, 0.5) is 4.79 Å². The highest BCUT2D eigenvalue weighted by Gasteiger charge is 2.23. The van der Waals surface area contributed by atoms with Gasteiger partial charge in [-0.05, 0) is 0 Å². The van der Waals surface area contributed by atoms with E-state index in [2.05, 4.69) is 0 Å². The number of likely N-dealkylation sites (N-methyl/N-ethyl adjacent to an activating group) is 1. The van der Waals surface area contributed by atoms with Crippen LogP contribution in [0.25, 0.3) is 0 Å². The third kappa shape index (κ3) is 2.47. The predicted molar refractivity (Wildman–Crippen MR) is 46.4 cm³/mol. The van der Waals surface area contributed by atoms with E-state index in [1.165, 1.54) is 6.08 Å². The van der Waals surface area contributed by atoms with Crippen LogP contribution in [0.2, 0.25) is 0 Å². The Morgan fingerprint density at radius 2 is 2.31 bits per heavy atom. The highest BCUT2D eigenvalue weighted by molar-refractivity contribution is 5.80. The largest absolute Gasteiger partial charge is 0.478 e. The van der Waals surface area contributed by atoms with E-state index in [1.807, 2.05) is 0 Å². The normalized spacial score (nSPS) is 17.5. The third-order valence-corrected chi connectivity index (χ3v) is 1.89. The van der Waals surface area contributed by atoms with Crippen molar-refractivity contribution in [1.82, 2.24) is 9.80 Å². The fraction of sp³-hybridized carbons (Fsp3) is 0.500. The number of carboxylic acids is 1. The van der Waals surface area contributed by atoms with Crippen molar-refractivity contribution < 1.29 is 14.7 Å². The van der Waals surface area contributed by atoms with Crippen molar-refractivity contribution in [3.63, 3.8) is 0 Å². The first kappa shape index (κ1) is 9.57. The van der Waals surface area contributed by atoms with Crippen LogP contribution >= 0.6 is 0 Å². The second kappa shape index (κ2) is 3.93. The average Bonchev–Trinajstić information content (AvgIpc) is 2.35. The van der Waals surface area contributed by atoms with Crippen LogP contribution < -0.4 is 0 Å². The standard InChI is InChI=1S/C8H12N2O3/c1-9-5-6-10(8(9)13)4-2-3-7(11)12/h2-3H,4-6H2,1H3,(H,11,12)/b3-2+. The van der Waals surface area contributed by atoms with E-state index in [0.717, 1.165) is 6.08 Å². The second-order valence-electron chi connectivity index (χ2n) is 2.89. The Labute approximate surface area is 76.2 Å². The zero-order chi connectivity index (χ0) is 9.84. The molecule has 0 radical (unpaired) electrons. The molecule has 1 aliphatic heterocycles. The van der Waals surface area contributed by atoms with E-state index in [4.69, 9.17) is 5.11 Å². The number of urea groups is 1. The summed E-state index contributed by atoms with van der Waals surface area (Å²) in [4.78, 5) is 24.6. The molecule has 5 nitrogen and oxygen atoms in total. The summed E-state index contributed by atoms with van der Waals surface area (Å²) in [6.07, 6.45) is 2.52. The Hall–Kier alpha value is -1.52. The molecule has 1 fully saturated rings. The molecule has 0 unspecified atom stereocenters. The summed E-state index contributed by atoms with van der Waals surface area (Å²) in [5.41, 5.74) is 0. The summed E-state index contributed by atoms with van der Waals surface area (Å²) >= 11 is 0. The van der Waals surface area contributed by atoms with E-state index in [-0.39, 0.29) is 6.03 Å². The van der Waals surface area contributed by atoms with E-state index < -0.39 is 5.97 Å². The smallest absolute Gasteiger partial charge is 0.328 e. The Kier molecular flexibility index (Phi) is 2.89. The molecular weight excluding hydrogens is 172 g/mol. The fourth-order valence-corrected chi connectivity index (χ4v) is 1.15. The molecule has 0 aromatic carbocycles.